The van der Waals surface area contributed by atoms with Gasteiger partial charge in [-0.2, -0.15) is 0 Å². The molecule has 75 valence electrons. The number of hydrogen-bond acceptors (Lipinski definition) is 2. The van der Waals surface area contributed by atoms with Crippen LogP contribution in [0.5, 0.6) is 0 Å². The monoisotopic (exact) mass is 183 g/mol. The summed E-state index contributed by atoms with van der Waals surface area (Å²) < 4.78 is 4.96. The van der Waals surface area contributed by atoms with Gasteiger partial charge >= 0.3 is 6.47 Å². The lowest BCUT2D eigenvalue weighted by molar-refractivity contribution is 0.0796. The van der Waals surface area contributed by atoms with Crippen LogP contribution >= 0.6 is 0 Å². The van der Waals surface area contributed by atoms with E-state index in [-0.39, 0.29) is 6.10 Å². The average Bonchev–Trinajstić information content (AvgIpc) is 2.16. The van der Waals surface area contributed by atoms with Gasteiger partial charge in [-0.25, -0.2) is 4.79 Å². The molecule has 1 unspecified atom stereocenters. The largest absolute Gasteiger partial charge is 0.454 e. The second-order valence-corrected chi connectivity index (χ2v) is 4.17. The van der Waals surface area contributed by atoms with E-state index in [0.717, 1.165) is 12.3 Å². The molecule has 1 radical (unpaired) electrons. The van der Waals surface area contributed by atoms with Crippen LogP contribution in [0.1, 0.15) is 46.0 Å². The van der Waals surface area contributed by atoms with E-state index in [2.05, 4.69) is 13.8 Å². The zero-order valence-corrected chi connectivity index (χ0v) is 8.58. The van der Waals surface area contributed by atoms with E-state index >= 15 is 0 Å². The summed E-state index contributed by atoms with van der Waals surface area (Å²) in [6.07, 6.45) is 6.02. The summed E-state index contributed by atoms with van der Waals surface area (Å²) >= 11 is 0. The Labute approximate surface area is 80.7 Å². The van der Waals surface area contributed by atoms with Crippen molar-refractivity contribution in [1.29, 1.82) is 0 Å². The summed E-state index contributed by atoms with van der Waals surface area (Å²) in [4.78, 5) is 10.1. The minimum atomic E-state index is 0.116. The van der Waals surface area contributed by atoms with E-state index in [9.17, 15) is 4.79 Å². The molecule has 0 bridgehead atoms. The van der Waals surface area contributed by atoms with Crippen molar-refractivity contribution in [3.63, 3.8) is 0 Å². The molecular formula is C11H19O2. The fourth-order valence-corrected chi connectivity index (χ4v) is 2.23. The Morgan fingerprint density at radius 2 is 2.00 bits per heavy atom. The molecule has 0 aromatic rings. The Balaban J connectivity index is 2.36. The molecule has 0 aromatic carbocycles. The Morgan fingerprint density at radius 3 is 2.46 bits per heavy atom. The van der Waals surface area contributed by atoms with Crippen molar-refractivity contribution >= 4 is 6.47 Å². The Bertz CT molecular complexity index is 148. The molecule has 1 atom stereocenters. The highest BCUT2D eigenvalue weighted by atomic mass is 16.5. The maximum atomic E-state index is 10.1. The van der Waals surface area contributed by atoms with Gasteiger partial charge in [0.05, 0.1) is 0 Å². The highest BCUT2D eigenvalue weighted by Gasteiger charge is 2.25. The number of ether oxygens (including phenoxy) is 1. The van der Waals surface area contributed by atoms with E-state index in [4.69, 9.17) is 4.74 Å². The maximum absolute atomic E-state index is 10.1. The molecule has 1 rings (SSSR count). The van der Waals surface area contributed by atoms with Gasteiger partial charge in [0.1, 0.15) is 6.10 Å². The minimum Gasteiger partial charge on any atom is -0.454 e. The molecule has 0 spiro atoms. The predicted molar refractivity (Wildman–Crippen MR) is 52.0 cm³/mol. The summed E-state index contributed by atoms with van der Waals surface area (Å²) in [6.45, 7) is 5.94. The first-order valence-electron chi connectivity index (χ1n) is 5.30. The fraction of sp³-hybridized carbons (Fsp3) is 0.909. The third-order valence-corrected chi connectivity index (χ3v) is 3.19. The van der Waals surface area contributed by atoms with E-state index in [1.807, 2.05) is 0 Å². The Morgan fingerprint density at radius 1 is 1.38 bits per heavy atom. The van der Waals surface area contributed by atoms with Crippen LogP contribution < -0.4 is 0 Å². The summed E-state index contributed by atoms with van der Waals surface area (Å²) in [5.41, 5.74) is 0. The highest BCUT2D eigenvalue weighted by Crippen LogP contribution is 2.32. The Kier molecular flexibility index (Phi) is 4.26. The molecule has 2 nitrogen and oxygen atoms in total. The van der Waals surface area contributed by atoms with E-state index in [0.29, 0.717) is 5.92 Å². The van der Waals surface area contributed by atoms with Gasteiger partial charge < -0.3 is 4.74 Å². The first-order valence-corrected chi connectivity index (χ1v) is 5.30. The van der Waals surface area contributed by atoms with Crippen molar-refractivity contribution in [3.05, 3.63) is 0 Å². The van der Waals surface area contributed by atoms with Crippen LogP contribution in [0, 0.1) is 11.8 Å². The van der Waals surface area contributed by atoms with Crippen molar-refractivity contribution in [2.75, 3.05) is 0 Å². The molecule has 1 saturated carbocycles. The van der Waals surface area contributed by atoms with Gasteiger partial charge in [0.2, 0.25) is 0 Å². The van der Waals surface area contributed by atoms with Crippen LogP contribution in [0.4, 0.5) is 0 Å². The zero-order valence-electron chi connectivity index (χ0n) is 8.58. The van der Waals surface area contributed by atoms with Crippen molar-refractivity contribution in [2.24, 2.45) is 11.8 Å². The van der Waals surface area contributed by atoms with Crippen molar-refractivity contribution < 1.29 is 9.53 Å². The van der Waals surface area contributed by atoms with Crippen molar-refractivity contribution in [2.45, 2.75) is 52.1 Å². The van der Waals surface area contributed by atoms with Gasteiger partial charge in [0.25, 0.3) is 0 Å². The van der Waals surface area contributed by atoms with Crippen LogP contribution in [-0.2, 0) is 9.53 Å². The molecule has 0 heterocycles. The standard InChI is InChI=1S/C11H19O2/c1-3-11(13-8-12)10-6-4-9(2)5-7-10/h9-11H,3-7H2,1-2H3. The molecular weight excluding hydrogens is 164 g/mol. The lowest BCUT2D eigenvalue weighted by atomic mass is 9.79. The van der Waals surface area contributed by atoms with Crippen molar-refractivity contribution in [3.8, 4) is 0 Å². The maximum Gasteiger partial charge on any atom is 0.417 e. The van der Waals surface area contributed by atoms with Gasteiger partial charge in [-0.3, -0.25) is 0 Å². The summed E-state index contributed by atoms with van der Waals surface area (Å²) in [7, 11) is 0. The normalized spacial score (nSPS) is 30.9. The van der Waals surface area contributed by atoms with Crippen LogP contribution in [0.15, 0.2) is 0 Å². The molecule has 0 amide bonds. The molecule has 0 aromatic heterocycles. The van der Waals surface area contributed by atoms with E-state index in [1.165, 1.54) is 25.7 Å². The highest BCUT2D eigenvalue weighted by molar-refractivity contribution is 5.38. The molecule has 0 aliphatic heterocycles. The average molecular weight is 183 g/mol. The number of carbonyl (C=O) groups excluding carboxylic acids is 1. The van der Waals surface area contributed by atoms with E-state index in [1.54, 1.807) is 6.47 Å². The van der Waals surface area contributed by atoms with Crippen LogP contribution in [0.25, 0.3) is 0 Å². The fourth-order valence-electron chi connectivity index (χ4n) is 2.23. The molecule has 0 saturated heterocycles. The van der Waals surface area contributed by atoms with Crippen LogP contribution in [0.2, 0.25) is 0 Å². The Hall–Kier alpha value is -0.530. The quantitative estimate of drug-likeness (QED) is 0.669. The predicted octanol–water partition coefficient (Wildman–Crippen LogP) is 2.68. The number of rotatable bonds is 4. The van der Waals surface area contributed by atoms with Crippen LogP contribution in [-0.4, -0.2) is 12.6 Å². The second-order valence-electron chi connectivity index (χ2n) is 4.17. The summed E-state index contributed by atoms with van der Waals surface area (Å²) in [5, 5.41) is 0. The second kappa shape index (κ2) is 5.25. The third kappa shape index (κ3) is 3.02. The van der Waals surface area contributed by atoms with Gasteiger partial charge in [-0.15, -0.1) is 0 Å². The van der Waals surface area contributed by atoms with Gasteiger partial charge in [0.15, 0.2) is 0 Å². The molecule has 1 fully saturated rings. The van der Waals surface area contributed by atoms with Crippen LogP contribution in [0.3, 0.4) is 0 Å². The molecule has 1 aliphatic carbocycles. The lowest BCUT2D eigenvalue weighted by Crippen LogP contribution is -2.26. The minimum absolute atomic E-state index is 0.116. The third-order valence-electron chi connectivity index (χ3n) is 3.19. The first-order chi connectivity index (χ1) is 6.27. The lowest BCUT2D eigenvalue weighted by Gasteiger charge is -2.30. The molecule has 2 heteroatoms. The molecule has 0 N–H and O–H groups in total. The summed E-state index contributed by atoms with van der Waals surface area (Å²) in [6, 6.07) is 0. The van der Waals surface area contributed by atoms with Gasteiger partial charge in [0, 0.05) is 0 Å². The zero-order chi connectivity index (χ0) is 9.68. The van der Waals surface area contributed by atoms with Crippen molar-refractivity contribution in [1.82, 2.24) is 0 Å². The molecule has 13 heavy (non-hydrogen) atoms. The van der Waals surface area contributed by atoms with E-state index < -0.39 is 0 Å². The summed E-state index contributed by atoms with van der Waals surface area (Å²) in [5.74, 6) is 1.44. The SMILES string of the molecule is CCC(O[C]=O)C1CCC(C)CC1. The van der Waals surface area contributed by atoms with Gasteiger partial charge in [-0.1, -0.05) is 26.7 Å². The topological polar surface area (TPSA) is 26.3 Å². The number of hydrogen-bond donors (Lipinski definition) is 0. The smallest absolute Gasteiger partial charge is 0.417 e. The molecule has 1 aliphatic rings. The first kappa shape index (κ1) is 10.6. The van der Waals surface area contributed by atoms with Gasteiger partial charge in [-0.05, 0) is 31.1 Å².